The zero-order valence-corrected chi connectivity index (χ0v) is 8.51. The summed E-state index contributed by atoms with van der Waals surface area (Å²) in [5.41, 5.74) is 1.93. The third kappa shape index (κ3) is 1.90. The van der Waals surface area contributed by atoms with Gasteiger partial charge in [-0.1, -0.05) is 12.1 Å². The number of hydrogen-bond acceptors (Lipinski definition) is 3. The van der Waals surface area contributed by atoms with Crippen molar-refractivity contribution in [1.82, 2.24) is 19.9 Å². The zero-order valence-electron chi connectivity index (χ0n) is 8.51. The molecule has 0 aliphatic rings. The van der Waals surface area contributed by atoms with Crippen molar-refractivity contribution in [3.05, 3.63) is 24.3 Å². The predicted octanol–water partition coefficient (Wildman–Crippen LogP) is 0.993. The zero-order chi connectivity index (χ0) is 9.97. The van der Waals surface area contributed by atoms with Gasteiger partial charge in [0.15, 0.2) is 0 Å². The standard InChI is InChI=1S/C10H14N4/c1-13(2)7-8-14-11-9-5-3-4-6-10(9)12-14/h3-6H,7-8H2,1-2H3. The first-order valence-electron chi connectivity index (χ1n) is 4.70. The van der Waals surface area contributed by atoms with Crippen LogP contribution in [0, 0.1) is 0 Å². The molecule has 0 N–H and O–H groups in total. The van der Waals surface area contributed by atoms with Crippen LogP contribution in [0.4, 0.5) is 0 Å². The minimum absolute atomic E-state index is 0.835. The summed E-state index contributed by atoms with van der Waals surface area (Å²) in [6.45, 7) is 1.79. The molecule has 0 aliphatic carbocycles. The molecule has 0 aliphatic heterocycles. The van der Waals surface area contributed by atoms with Crippen LogP contribution in [0.3, 0.4) is 0 Å². The largest absolute Gasteiger partial charge is 0.307 e. The second kappa shape index (κ2) is 3.75. The van der Waals surface area contributed by atoms with Crippen LogP contribution < -0.4 is 0 Å². The molecule has 1 aromatic carbocycles. The van der Waals surface area contributed by atoms with Gasteiger partial charge in [0.2, 0.25) is 0 Å². The number of rotatable bonds is 3. The predicted molar refractivity (Wildman–Crippen MR) is 56.1 cm³/mol. The Morgan fingerprint density at radius 1 is 1.14 bits per heavy atom. The molecule has 2 rings (SSSR count). The fourth-order valence-corrected chi connectivity index (χ4v) is 1.29. The number of aromatic nitrogens is 3. The van der Waals surface area contributed by atoms with E-state index in [-0.39, 0.29) is 0 Å². The average molecular weight is 190 g/mol. The van der Waals surface area contributed by atoms with Gasteiger partial charge in [0, 0.05) is 6.54 Å². The minimum Gasteiger partial charge on any atom is -0.307 e. The van der Waals surface area contributed by atoms with Crippen molar-refractivity contribution in [2.45, 2.75) is 6.54 Å². The van der Waals surface area contributed by atoms with Crippen LogP contribution in [0.5, 0.6) is 0 Å². The van der Waals surface area contributed by atoms with E-state index < -0.39 is 0 Å². The van der Waals surface area contributed by atoms with Gasteiger partial charge in [-0.3, -0.25) is 0 Å². The van der Waals surface area contributed by atoms with E-state index in [1.807, 2.05) is 38.4 Å². The van der Waals surface area contributed by atoms with E-state index in [4.69, 9.17) is 0 Å². The highest BCUT2D eigenvalue weighted by Crippen LogP contribution is 2.06. The number of benzene rings is 1. The average Bonchev–Trinajstić information content (AvgIpc) is 2.57. The molecule has 74 valence electrons. The van der Waals surface area contributed by atoms with Crippen molar-refractivity contribution in [3.8, 4) is 0 Å². The summed E-state index contributed by atoms with van der Waals surface area (Å²) < 4.78 is 0. The van der Waals surface area contributed by atoms with Gasteiger partial charge in [0.25, 0.3) is 0 Å². The summed E-state index contributed by atoms with van der Waals surface area (Å²) >= 11 is 0. The van der Waals surface area contributed by atoms with Crippen molar-refractivity contribution in [2.24, 2.45) is 0 Å². The van der Waals surface area contributed by atoms with Gasteiger partial charge >= 0.3 is 0 Å². The lowest BCUT2D eigenvalue weighted by atomic mass is 10.3. The van der Waals surface area contributed by atoms with E-state index in [9.17, 15) is 0 Å². The highest BCUT2D eigenvalue weighted by molar-refractivity contribution is 5.72. The normalized spacial score (nSPS) is 11.4. The van der Waals surface area contributed by atoms with Crippen LogP contribution in [-0.4, -0.2) is 40.5 Å². The molecule has 1 heterocycles. The molecule has 0 saturated carbocycles. The second-order valence-corrected chi connectivity index (χ2v) is 3.59. The molecule has 0 fully saturated rings. The Morgan fingerprint density at radius 3 is 2.21 bits per heavy atom. The summed E-state index contributed by atoms with van der Waals surface area (Å²) in [5, 5.41) is 8.73. The Balaban J connectivity index is 2.19. The Morgan fingerprint density at radius 2 is 1.71 bits per heavy atom. The maximum absolute atomic E-state index is 4.36. The molecule has 0 unspecified atom stereocenters. The Kier molecular flexibility index (Phi) is 2.45. The Labute approximate surface area is 83.1 Å². The highest BCUT2D eigenvalue weighted by atomic mass is 15.5. The van der Waals surface area contributed by atoms with E-state index in [1.54, 1.807) is 4.80 Å². The number of fused-ring (bicyclic) bond motifs is 1. The summed E-state index contributed by atoms with van der Waals surface area (Å²) in [7, 11) is 4.09. The van der Waals surface area contributed by atoms with Crippen LogP contribution in [0.1, 0.15) is 0 Å². The summed E-state index contributed by atoms with van der Waals surface area (Å²) in [6, 6.07) is 7.92. The second-order valence-electron chi connectivity index (χ2n) is 3.59. The van der Waals surface area contributed by atoms with E-state index >= 15 is 0 Å². The fourth-order valence-electron chi connectivity index (χ4n) is 1.29. The van der Waals surface area contributed by atoms with Crippen LogP contribution >= 0.6 is 0 Å². The Hall–Kier alpha value is -1.42. The van der Waals surface area contributed by atoms with E-state index in [0.717, 1.165) is 24.1 Å². The third-order valence-corrected chi connectivity index (χ3v) is 2.08. The first kappa shape index (κ1) is 9.15. The molecule has 14 heavy (non-hydrogen) atoms. The molecule has 4 nitrogen and oxygen atoms in total. The van der Waals surface area contributed by atoms with Crippen LogP contribution in [0.2, 0.25) is 0 Å². The van der Waals surface area contributed by atoms with Crippen molar-refractivity contribution in [1.29, 1.82) is 0 Å². The van der Waals surface area contributed by atoms with E-state index in [2.05, 4.69) is 15.1 Å². The highest BCUT2D eigenvalue weighted by Gasteiger charge is 2.00. The topological polar surface area (TPSA) is 34.0 Å². The summed E-state index contributed by atoms with van der Waals surface area (Å²) in [4.78, 5) is 3.87. The van der Waals surface area contributed by atoms with Crippen molar-refractivity contribution in [3.63, 3.8) is 0 Å². The molecule has 0 amide bonds. The monoisotopic (exact) mass is 190 g/mol. The van der Waals surface area contributed by atoms with Gasteiger partial charge in [0.05, 0.1) is 6.54 Å². The number of likely N-dealkylation sites (N-methyl/N-ethyl adjacent to an activating group) is 1. The fraction of sp³-hybridized carbons (Fsp3) is 0.400. The lowest BCUT2D eigenvalue weighted by molar-refractivity contribution is 0.360. The van der Waals surface area contributed by atoms with Crippen LogP contribution in [0.25, 0.3) is 11.0 Å². The molecular formula is C10H14N4. The number of hydrogen-bond donors (Lipinski definition) is 0. The summed E-state index contributed by atoms with van der Waals surface area (Å²) in [6.07, 6.45) is 0. The molecular weight excluding hydrogens is 176 g/mol. The summed E-state index contributed by atoms with van der Waals surface area (Å²) in [5.74, 6) is 0. The van der Waals surface area contributed by atoms with E-state index in [0.29, 0.717) is 0 Å². The molecule has 2 aromatic rings. The van der Waals surface area contributed by atoms with Gasteiger partial charge in [-0.05, 0) is 26.2 Å². The smallest absolute Gasteiger partial charge is 0.113 e. The van der Waals surface area contributed by atoms with Gasteiger partial charge in [0.1, 0.15) is 11.0 Å². The van der Waals surface area contributed by atoms with Gasteiger partial charge in [-0.2, -0.15) is 15.0 Å². The van der Waals surface area contributed by atoms with E-state index in [1.165, 1.54) is 0 Å². The van der Waals surface area contributed by atoms with Gasteiger partial charge in [-0.15, -0.1) is 0 Å². The molecule has 0 atom stereocenters. The van der Waals surface area contributed by atoms with Gasteiger partial charge in [-0.25, -0.2) is 0 Å². The van der Waals surface area contributed by atoms with Crippen LogP contribution in [-0.2, 0) is 6.54 Å². The molecule has 0 saturated heterocycles. The molecule has 0 bridgehead atoms. The van der Waals surface area contributed by atoms with Crippen LogP contribution in [0.15, 0.2) is 24.3 Å². The van der Waals surface area contributed by atoms with Crippen molar-refractivity contribution in [2.75, 3.05) is 20.6 Å². The maximum Gasteiger partial charge on any atom is 0.113 e. The SMILES string of the molecule is CN(C)CCn1nc2ccccc2n1. The molecule has 0 spiro atoms. The minimum atomic E-state index is 0.835. The lowest BCUT2D eigenvalue weighted by Gasteiger charge is -2.07. The quantitative estimate of drug-likeness (QED) is 0.724. The first-order chi connectivity index (χ1) is 6.75. The lowest BCUT2D eigenvalue weighted by Crippen LogP contribution is -2.19. The maximum atomic E-state index is 4.36. The van der Waals surface area contributed by atoms with Gasteiger partial charge < -0.3 is 4.90 Å². The Bertz CT molecular complexity index is 386. The molecule has 0 radical (unpaired) electrons. The van der Waals surface area contributed by atoms with Crippen molar-refractivity contribution >= 4 is 11.0 Å². The third-order valence-electron chi connectivity index (χ3n) is 2.08. The number of nitrogens with zero attached hydrogens (tertiary/aromatic N) is 4. The first-order valence-corrected chi connectivity index (χ1v) is 4.70. The molecule has 1 aromatic heterocycles. The van der Waals surface area contributed by atoms with Crippen molar-refractivity contribution < 1.29 is 0 Å². The molecule has 4 heteroatoms.